The van der Waals surface area contributed by atoms with Crippen LogP contribution in [-0.4, -0.2) is 32.0 Å². The van der Waals surface area contributed by atoms with E-state index in [2.05, 4.69) is 33.0 Å². The van der Waals surface area contributed by atoms with Gasteiger partial charge in [0.15, 0.2) is 9.84 Å². The van der Waals surface area contributed by atoms with Crippen LogP contribution in [0.15, 0.2) is 0 Å². The minimum Gasteiger partial charge on any atom is -0.313 e. The first-order valence-corrected chi connectivity index (χ1v) is 9.58. The number of unbranched alkanes of at least 4 members (excludes halogenated alkanes) is 2. The molecule has 0 aliphatic heterocycles. The molecule has 4 heteroatoms. The van der Waals surface area contributed by atoms with Crippen LogP contribution in [0.2, 0.25) is 0 Å². The highest BCUT2D eigenvalue weighted by atomic mass is 32.2. The van der Waals surface area contributed by atoms with Crippen LogP contribution in [0.25, 0.3) is 0 Å². The molecule has 1 aliphatic carbocycles. The normalized spacial score (nSPS) is 32.4. The number of sulfone groups is 1. The Morgan fingerprint density at radius 2 is 1.79 bits per heavy atom. The topological polar surface area (TPSA) is 46.2 Å². The average molecular weight is 289 g/mol. The van der Waals surface area contributed by atoms with Crippen LogP contribution in [-0.2, 0) is 9.84 Å². The molecule has 19 heavy (non-hydrogen) atoms. The summed E-state index contributed by atoms with van der Waals surface area (Å²) >= 11 is 0. The summed E-state index contributed by atoms with van der Waals surface area (Å²) in [5.74, 6) is 1.27. The lowest BCUT2D eigenvalue weighted by Crippen LogP contribution is -2.52. The number of nitrogens with one attached hydrogen (secondary N) is 1. The molecule has 114 valence electrons. The summed E-state index contributed by atoms with van der Waals surface area (Å²) in [7, 11) is -2.96. The minimum atomic E-state index is -2.96. The molecule has 1 N–H and O–H groups in total. The zero-order valence-electron chi connectivity index (χ0n) is 13.0. The van der Waals surface area contributed by atoms with Crippen LogP contribution in [0.5, 0.6) is 0 Å². The molecule has 0 saturated heterocycles. The Balaban J connectivity index is 2.79. The predicted octanol–water partition coefficient (Wildman–Crippen LogP) is 3.00. The maximum absolute atomic E-state index is 12.6. The van der Waals surface area contributed by atoms with Crippen molar-refractivity contribution in [2.75, 3.05) is 12.3 Å². The summed E-state index contributed by atoms with van der Waals surface area (Å²) in [6, 6.07) is 0.148. The maximum Gasteiger partial charge on any atom is 0.154 e. The van der Waals surface area contributed by atoms with E-state index in [1.54, 1.807) is 0 Å². The Labute approximate surface area is 119 Å². The lowest BCUT2D eigenvalue weighted by molar-refractivity contribution is 0.244. The number of rotatable bonds is 7. The van der Waals surface area contributed by atoms with E-state index >= 15 is 0 Å². The van der Waals surface area contributed by atoms with Crippen molar-refractivity contribution in [1.82, 2.24) is 5.32 Å². The molecule has 0 aromatic carbocycles. The molecule has 0 spiro atoms. The first-order valence-electron chi connectivity index (χ1n) is 7.87. The molecule has 1 saturated carbocycles. The number of hydrogen-bond donors (Lipinski definition) is 1. The van der Waals surface area contributed by atoms with E-state index in [4.69, 9.17) is 0 Å². The maximum atomic E-state index is 12.6. The first kappa shape index (κ1) is 17.0. The Kier molecular flexibility index (Phi) is 6.81. The van der Waals surface area contributed by atoms with Gasteiger partial charge in [-0.05, 0) is 37.6 Å². The molecule has 0 aromatic heterocycles. The third kappa shape index (κ3) is 4.75. The van der Waals surface area contributed by atoms with Crippen molar-refractivity contribution in [2.24, 2.45) is 11.8 Å². The zero-order valence-corrected chi connectivity index (χ0v) is 13.8. The summed E-state index contributed by atoms with van der Waals surface area (Å²) in [5.41, 5.74) is 0. The van der Waals surface area contributed by atoms with Crippen LogP contribution in [0, 0.1) is 11.8 Å². The van der Waals surface area contributed by atoms with E-state index in [0.29, 0.717) is 11.7 Å². The lowest BCUT2D eigenvalue weighted by Gasteiger charge is -2.39. The van der Waals surface area contributed by atoms with Gasteiger partial charge in [-0.3, -0.25) is 0 Å². The summed E-state index contributed by atoms with van der Waals surface area (Å²) < 4.78 is 25.2. The fourth-order valence-corrected chi connectivity index (χ4v) is 5.99. The van der Waals surface area contributed by atoms with Crippen LogP contribution < -0.4 is 5.32 Å². The van der Waals surface area contributed by atoms with Gasteiger partial charge in [0.25, 0.3) is 0 Å². The van der Waals surface area contributed by atoms with Gasteiger partial charge in [-0.1, -0.05) is 40.5 Å². The molecule has 0 heterocycles. The highest BCUT2D eigenvalue weighted by Gasteiger charge is 2.41. The quantitative estimate of drug-likeness (QED) is 0.733. The van der Waals surface area contributed by atoms with Crippen LogP contribution in [0.1, 0.15) is 59.8 Å². The molecule has 0 amide bonds. The highest BCUT2D eigenvalue weighted by molar-refractivity contribution is 7.92. The van der Waals surface area contributed by atoms with Gasteiger partial charge in [-0.15, -0.1) is 0 Å². The molecular formula is C15H31NO2S. The monoisotopic (exact) mass is 289 g/mol. The van der Waals surface area contributed by atoms with Gasteiger partial charge in [0.1, 0.15) is 0 Å². The van der Waals surface area contributed by atoms with E-state index in [-0.39, 0.29) is 17.2 Å². The van der Waals surface area contributed by atoms with Crippen molar-refractivity contribution >= 4 is 9.84 Å². The first-order chi connectivity index (χ1) is 8.92. The lowest BCUT2D eigenvalue weighted by atomic mass is 9.80. The third-order valence-corrected chi connectivity index (χ3v) is 6.78. The second-order valence-electron chi connectivity index (χ2n) is 6.26. The van der Waals surface area contributed by atoms with Gasteiger partial charge >= 0.3 is 0 Å². The molecule has 0 radical (unpaired) electrons. The van der Waals surface area contributed by atoms with Crippen molar-refractivity contribution in [2.45, 2.75) is 71.1 Å². The van der Waals surface area contributed by atoms with E-state index < -0.39 is 9.84 Å². The summed E-state index contributed by atoms with van der Waals surface area (Å²) in [6.45, 7) is 9.37. The van der Waals surface area contributed by atoms with Gasteiger partial charge in [-0.25, -0.2) is 8.42 Å². The Morgan fingerprint density at radius 3 is 2.37 bits per heavy atom. The summed E-state index contributed by atoms with van der Waals surface area (Å²) in [5, 5.41) is 3.23. The number of hydrogen-bond acceptors (Lipinski definition) is 3. The van der Waals surface area contributed by atoms with E-state index in [1.807, 2.05) is 0 Å². The predicted molar refractivity (Wildman–Crippen MR) is 82.1 cm³/mol. The fourth-order valence-electron chi connectivity index (χ4n) is 3.58. The van der Waals surface area contributed by atoms with Gasteiger partial charge in [0.05, 0.1) is 11.0 Å². The van der Waals surface area contributed by atoms with E-state index in [1.165, 1.54) is 0 Å². The molecular weight excluding hydrogens is 258 g/mol. The highest BCUT2D eigenvalue weighted by Crippen LogP contribution is 2.34. The van der Waals surface area contributed by atoms with Gasteiger partial charge in [0.2, 0.25) is 0 Å². The van der Waals surface area contributed by atoms with Crippen molar-refractivity contribution < 1.29 is 8.42 Å². The molecule has 1 fully saturated rings. The zero-order chi connectivity index (χ0) is 14.5. The molecule has 4 atom stereocenters. The van der Waals surface area contributed by atoms with Gasteiger partial charge < -0.3 is 5.32 Å². The largest absolute Gasteiger partial charge is 0.313 e. The van der Waals surface area contributed by atoms with Crippen molar-refractivity contribution in [3.05, 3.63) is 0 Å². The molecule has 1 rings (SSSR count). The summed E-state index contributed by atoms with van der Waals surface area (Å²) in [4.78, 5) is 0. The van der Waals surface area contributed by atoms with Crippen LogP contribution in [0.4, 0.5) is 0 Å². The average Bonchev–Trinajstić information content (AvgIpc) is 2.28. The van der Waals surface area contributed by atoms with Crippen molar-refractivity contribution in [3.63, 3.8) is 0 Å². The Morgan fingerprint density at radius 1 is 1.11 bits per heavy atom. The molecule has 0 aromatic rings. The van der Waals surface area contributed by atoms with Crippen LogP contribution >= 0.6 is 0 Å². The smallest absolute Gasteiger partial charge is 0.154 e. The molecule has 3 nitrogen and oxygen atoms in total. The standard InChI is InChI=1S/C15H31NO2S/c1-5-7-8-9-19(17,18)15-13(4)10-12(3)11-14(15)16-6-2/h12-16H,5-11H2,1-4H3. The SMILES string of the molecule is CCCCCS(=O)(=O)C1C(C)CC(C)CC1NCC. The van der Waals surface area contributed by atoms with E-state index in [0.717, 1.165) is 38.6 Å². The van der Waals surface area contributed by atoms with Crippen molar-refractivity contribution in [3.8, 4) is 0 Å². The van der Waals surface area contributed by atoms with Crippen LogP contribution in [0.3, 0.4) is 0 Å². The second-order valence-corrected chi connectivity index (χ2v) is 8.54. The fraction of sp³-hybridized carbons (Fsp3) is 1.00. The minimum absolute atomic E-state index is 0.148. The van der Waals surface area contributed by atoms with Crippen molar-refractivity contribution in [1.29, 1.82) is 0 Å². The second kappa shape index (κ2) is 7.63. The van der Waals surface area contributed by atoms with Gasteiger partial charge in [-0.2, -0.15) is 0 Å². The van der Waals surface area contributed by atoms with Gasteiger partial charge in [0, 0.05) is 6.04 Å². The molecule has 1 aliphatic rings. The third-order valence-electron chi connectivity index (χ3n) is 4.30. The molecule has 4 unspecified atom stereocenters. The Hall–Kier alpha value is -0.0900. The van der Waals surface area contributed by atoms with E-state index in [9.17, 15) is 8.42 Å². The Bertz CT molecular complexity index is 353. The summed E-state index contributed by atoms with van der Waals surface area (Å²) in [6.07, 6.45) is 4.94. The molecule has 0 bridgehead atoms.